The summed E-state index contributed by atoms with van der Waals surface area (Å²) >= 11 is 0. The van der Waals surface area contributed by atoms with Crippen molar-refractivity contribution in [2.45, 2.75) is 38.6 Å². The molecule has 0 saturated carbocycles. The third kappa shape index (κ3) is 4.11. The highest BCUT2D eigenvalue weighted by atomic mass is 16.5. The van der Waals surface area contributed by atoms with Gasteiger partial charge in [-0.15, -0.1) is 0 Å². The molecular formula is C22H25N5O5. The Hall–Kier alpha value is -3.24. The Morgan fingerprint density at radius 2 is 2.09 bits per heavy atom. The van der Waals surface area contributed by atoms with Crippen LogP contribution in [0.5, 0.6) is 5.75 Å². The molecule has 3 aliphatic rings. The lowest BCUT2D eigenvalue weighted by molar-refractivity contribution is -0.126. The van der Waals surface area contributed by atoms with Crippen molar-refractivity contribution in [3.05, 3.63) is 53.3 Å². The van der Waals surface area contributed by atoms with Crippen molar-refractivity contribution in [3.8, 4) is 5.75 Å². The normalized spacial score (nSPS) is 21.6. The highest BCUT2D eigenvalue weighted by molar-refractivity contribution is 6.02. The van der Waals surface area contributed by atoms with Crippen molar-refractivity contribution in [1.29, 1.82) is 0 Å². The first-order valence-corrected chi connectivity index (χ1v) is 10.7. The Bertz CT molecular complexity index is 1050. The minimum absolute atomic E-state index is 0.102. The molecule has 1 unspecified atom stereocenters. The molecule has 1 aromatic carbocycles. The number of fused-ring (bicyclic) bond motifs is 1. The average Bonchev–Trinajstić information content (AvgIpc) is 3.38. The molecule has 10 heteroatoms. The van der Waals surface area contributed by atoms with Crippen LogP contribution in [0, 0.1) is 0 Å². The summed E-state index contributed by atoms with van der Waals surface area (Å²) < 4.78 is 16.6. The van der Waals surface area contributed by atoms with Gasteiger partial charge < -0.3 is 24.2 Å². The number of allylic oxidation sites excluding steroid dienone is 1. The lowest BCUT2D eigenvalue weighted by atomic mass is 10.0. The maximum absolute atomic E-state index is 13.0. The van der Waals surface area contributed by atoms with E-state index >= 15 is 0 Å². The number of carbonyl (C=O) groups is 2. The van der Waals surface area contributed by atoms with E-state index in [4.69, 9.17) is 14.0 Å². The number of piperidine rings is 1. The zero-order valence-corrected chi connectivity index (χ0v) is 17.7. The van der Waals surface area contributed by atoms with E-state index in [9.17, 15) is 9.59 Å². The molecule has 0 spiro atoms. The molecule has 2 fully saturated rings. The molecule has 2 aromatic rings. The maximum Gasteiger partial charge on any atom is 0.264 e. The van der Waals surface area contributed by atoms with Gasteiger partial charge in [-0.1, -0.05) is 17.8 Å². The SMILES string of the molecule is C=C1CCC(N2Cc3c(OCc4nc(CN5CCOCC5)no4)cccc3C2=O)C(=O)N1. The van der Waals surface area contributed by atoms with Gasteiger partial charge in [-0.25, -0.2) is 0 Å². The van der Waals surface area contributed by atoms with Crippen LogP contribution in [0.25, 0.3) is 0 Å². The molecule has 32 heavy (non-hydrogen) atoms. The summed E-state index contributed by atoms with van der Waals surface area (Å²) in [6.45, 7) is 7.93. The second kappa shape index (κ2) is 8.71. The summed E-state index contributed by atoms with van der Waals surface area (Å²) in [6, 6.07) is 4.84. The Morgan fingerprint density at radius 3 is 2.91 bits per heavy atom. The minimum Gasteiger partial charge on any atom is -0.483 e. The van der Waals surface area contributed by atoms with Crippen molar-refractivity contribution in [2.75, 3.05) is 26.3 Å². The van der Waals surface area contributed by atoms with Crippen LogP contribution in [0.4, 0.5) is 0 Å². The van der Waals surface area contributed by atoms with E-state index in [1.807, 2.05) is 6.07 Å². The first-order valence-electron chi connectivity index (χ1n) is 10.7. The Balaban J connectivity index is 1.24. The molecular weight excluding hydrogens is 414 g/mol. The minimum atomic E-state index is -0.507. The molecule has 0 radical (unpaired) electrons. The topological polar surface area (TPSA) is 110 Å². The predicted molar refractivity (Wildman–Crippen MR) is 111 cm³/mol. The molecule has 1 aromatic heterocycles. The number of hydrogen-bond acceptors (Lipinski definition) is 8. The smallest absolute Gasteiger partial charge is 0.264 e. The Kier molecular flexibility index (Phi) is 5.62. The van der Waals surface area contributed by atoms with Crippen LogP contribution in [-0.2, 0) is 29.2 Å². The zero-order valence-electron chi connectivity index (χ0n) is 17.7. The van der Waals surface area contributed by atoms with E-state index in [-0.39, 0.29) is 18.4 Å². The molecule has 4 heterocycles. The lowest BCUT2D eigenvalue weighted by Crippen LogP contribution is -2.49. The van der Waals surface area contributed by atoms with Gasteiger partial charge in [0.1, 0.15) is 11.8 Å². The number of nitrogens with one attached hydrogen (secondary N) is 1. The van der Waals surface area contributed by atoms with Crippen LogP contribution >= 0.6 is 0 Å². The second-order valence-corrected chi connectivity index (χ2v) is 8.14. The molecule has 0 aliphatic carbocycles. The summed E-state index contributed by atoms with van der Waals surface area (Å²) in [5.41, 5.74) is 2.01. The number of carbonyl (C=O) groups excluding carboxylic acids is 2. The average molecular weight is 439 g/mol. The van der Waals surface area contributed by atoms with Gasteiger partial charge in [0.25, 0.3) is 11.8 Å². The van der Waals surface area contributed by atoms with E-state index in [2.05, 4.69) is 26.9 Å². The summed E-state index contributed by atoms with van der Waals surface area (Å²) in [5, 5.41) is 6.78. The van der Waals surface area contributed by atoms with Gasteiger partial charge in [0, 0.05) is 29.9 Å². The van der Waals surface area contributed by atoms with Crippen molar-refractivity contribution in [2.24, 2.45) is 0 Å². The first kappa shape index (κ1) is 20.7. The van der Waals surface area contributed by atoms with Gasteiger partial charge in [-0.05, 0) is 25.0 Å². The second-order valence-electron chi connectivity index (χ2n) is 8.14. The summed E-state index contributed by atoms with van der Waals surface area (Å²) in [6.07, 6.45) is 1.22. The highest BCUT2D eigenvalue weighted by Crippen LogP contribution is 2.34. The van der Waals surface area contributed by atoms with Crippen LogP contribution in [0.1, 0.15) is 40.5 Å². The summed E-state index contributed by atoms with van der Waals surface area (Å²) in [4.78, 5) is 33.6. The number of benzene rings is 1. The monoisotopic (exact) mass is 439 g/mol. The van der Waals surface area contributed by atoms with Crippen molar-refractivity contribution in [3.63, 3.8) is 0 Å². The zero-order chi connectivity index (χ0) is 22.1. The fourth-order valence-corrected chi connectivity index (χ4v) is 4.28. The van der Waals surface area contributed by atoms with Crippen LogP contribution in [0.3, 0.4) is 0 Å². The molecule has 10 nitrogen and oxygen atoms in total. The quantitative estimate of drug-likeness (QED) is 0.716. The van der Waals surface area contributed by atoms with Crippen molar-refractivity contribution in [1.82, 2.24) is 25.3 Å². The molecule has 2 saturated heterocycles. The number of rotatable bonds is 6. The number of nitrogens with zero attached hydrogens (tertiary/aromatic N) is 4. The number of amides is 2. The van der Waals surface area contributed by atoms with E-state index in [1.165, 1.54) is 0 Å². The van der Waals surface area contributed by atoms with E-state index in [1.54, 1.807) is 17.0 Å². The number of aromatic nitrogens is 2. The fraction of sp³-hybridized carbons (Fsp3) is 0.455. The van der Waals surface area contributed by atoms with Crippen LogP contribution in [0.2, 0.25) is 0 Å². The van der Waals surface area contributed by atoms with Crippen molar-refractivity contribution < 1.29 is 23.6 Å². The highest BCUT2D eigenvalue weighted by Gasteiger charge is 2.39. The van der Waals surface area contributed by atoms with Crippen molar-refractivity contribution >= 4 is 11.8 Å². The standard InChI is InChI=1S/C22H25N5O5/c1-14-5-6-17(21(28)23-14)27-11-16-15(22(27)29)3-2-4-18(16)31-13-20-24-19(25-32-20)12-26-7-9-30-10-8-26/h2-4,17H,1,5-13H2,(H,23,28). The van der Waals surface area contributed by atoms with Gasteiger partial charge in [-0.3, -0.25) is 14.5 Å². The number of morpholine rings is 1. The molecule has 2 amide bonds. The van der Waals surface area contributed by atoms with Gasteiger partial charge >= 0.3 is 0 Å². The van der Waals surface area contributed by atoms with E-state index in [0.29, 0.717) is 67.9 Å². The van der Waals surface area contributed by atoms with E-state index < -0.39 is 6.04 Å². The number of hydrogen-bond donors (Lipinski definition) is 1. The molecule has 0 bridgehead atoms. The van der Waals surface area contributed by atoms with Gasteiger partial charge in [0.05, 0.1) is 26.3 Å². The van der Waals surface area contributed by atoms with Crippen LogP contribution < -0.4 is 10.1 Å². The van der Waals surface area contributed by atoms with Crippen LogP contribution in [-0.4, -0.2) is 64.1 Å². The Morgan fingerprint density at radius 1 is 1.25 bits per heavy atom. The van der Waals surface area contributed by atoms with Gasteiger partial charge in [0.15, 0.2) is 12.4 Å². The van der Waals surface area contributed by atoms with Crippen LogP contribution in [0.15, 0.2) is 35.0 Å². The Labute approximate surface area is 185 Å². The first-order chi connectivity index (χ1) is 15.6. The lowest BCUT2D eigenvalue weighted by Gasteiger charge is -2.30. The molecule has 1 N–H and O–H groups in total. The summed E-state index contributed by atoms with van der Waals surface area (Å²) in [5.74, 6) is 1.20. The molecule has 1 atom stereocenters. The summed E-state index contributed by atoms with van der Waals surface area (Å²) in [7, 11) is 0. The maximum atomic E-state index is 13.0. The van der Waals surface area contributed by atoms with E-state index in [0.717, 1.165) is 18.7 Å². The largest absolute Gasteiger partial charge is 0.483 e. The molecule has 168 valence electrons. The molecule has 3 aliphatic heterocycles. The third-order valence-corrected chi connectivity index (χ3v) is 5.98. The fourth-order valence-electron chi connectivity index (χ4n) is 4.28. The number of ether oxygens (including phenoxy) is 2. The van der Waals surface area contributed by atoms with Gasteiger partial charge in [-0.2, -0.15) is 4.98 Å². The molecule has 5 rings (SSSR count). The van der Waals surface area contributed by atoms with Gasteiger partial charge in [0.2, 0.25) is 5.91 Å². The predicted octanol–water partition coefficient (Wildman–Crippen LogP) is 1.23. The third-order valence-electron chi connectivity index (χ3n) is 5.98.